The molecule has 0 amide bonds. The number of allylic oxidation sites excluding steroid dienone is 10. The van der Waals surface area contributed by atoms with Crippen molar-refractivity contribution in [2.45, 2.75) is 309 Å². The van der Waals surface area contributed by atoms with Crippen LogP contribution in [0.15, 0.2) is 60.8 Å². The van der Waals surface area contributed by atoms with Crippen molar-refractivity contribution < 1.29 is 42.9 Å². The Morgan fingerprint density at radius 3 is 1.10 bits per heavy atom. The summed E-state index contributed by atoms with van der Waals surface area (Å²) >= 11 is 0. The van der Waals surface area contributed by atoms with Gasteiger partial charge in [0, 0.05) is 12.8 Å². The molecule has 0 rings (SSSR count). The van der Waals surface area contributed by atoms with E-state index in [9.17, 15) is 19.5 Å². The molecule has 2 atom stereocenters. The summed E-state index contributed by atoms with van der Waals surface area (Å²) in [4.78, 5) is 37.4. The molecule has 0 fully saturated rings. The average molecular weight is 1080 g/mol. The monoisotopic (exact) mass is 1080 g/mol. The van der Waals surface area contributed by atoms with E-state index in [4.69, 9.17) is 18.9 Å². The van der Waals surface area contributed by atoms with Gasteiger partial charge in [-0.25, -0.2) is 4.79 Å². The fourth-order valence-corrected chi connectivity index (χ4v) is 9.30. The third-order valence-corrected chi connectivity index (χ3v) is 14.3. The molecule has 0 spiro atoms. The van der Waals surface area contributed by atoms with E-state index in [-0.39, 0.29) is 32.2 Å². The highest BCUT2D eigenvalue weighted by Crippen LogP contribution is 2.18. The maximum absolute atomic E-state index is 12.8. The Bertz CT molecular complexity index is 1450. The van der Waals surface area contributed by atoms with Gasteiger partial charge in [-0.2, -0.15) is 0 Å². The second kappa shape index (κ2) is 59.1. The first-order chi connectivity index (χ1) is 37.6. The molecule has 0 aromatic carbocycles. The van der Waals surface area contributed by atoms with Gasteiger partial charge in [0.15, 0.2) is 6.10 Å². The number of unbranched alkanes of at least 4 members (excludes halogenated alkanes) is 35. The molecule has 0 bridgehead atoms. The zero-order chi connectivity index (χ0) is 56.2. The van der Waals surface area contributed by atoms with Crippen LogP contribution in [0, 0.1) is 0 Å². The number of carbonyl (C=O) groups excluding carboxylic acids is 2. The largest absolute Gasteiger partial charge is 0.477 e. The average Bonchev–Trinajstić information content (AvgIpc) is 3.40. The molecule has 0 saturated carbocycles. The highest BCUT2D eigenvalue weighted by molar-refractivity contribution is 5.71. The molecule has 0 aliphatic heterocycles. The molecule has 2 unspecified atom stereocenters. The highest BCUT2D eigenvalue weighted by Gasteiger charge is 2.25. The number of quaternary nitrogens is 1. The number of nitrogens with zero attached hydrogens (tertiary/aromatic N) is 1. The van der Waals surface area contributed by atoms with Crippen LogP contribution in [0.4, 0.5) is 0 Å². The molecular weight excluding hydrogens is 959 g/mol. The quantitative estimate of drug-likeness (QED) is 0.0211. The van der Waals surface area contributed by atoms with Gasteiger partial charge in [-0.15, -0.1) is 0 Å². The maximum Gasteiger partial charge on any atom is 0.361 e. The molecule has 0 aliphatic carbocycles. The Balaban J connectivity index is 3.97. The summed E-state index contributed by atoms with van der Waals surface area (Å²) in [6.45, 7) is 4.76. The summed E-state index contributed by atoms with van der Waals surface area (Å²) in [6, 6.07) is 0. The number of hydrogen-bond acceptors (Lipinski definition) is 7. The van der Waals surface area contributed by atoms with Crippen molar-refractivity contribution in [3.63, 3.8) is 0 Å². The van der Waals surface area contributed by atoms with Crippen molar-refractivity contribution in [2.24, 2.45) is 0 Å². The molecule has 0 saturated heterocycles. The number of hydrogen-bond donors (Lipinski definition) is 1. The van der Waals surface area contributed by atoms with Crippen molar-refractivity contribution in [1.29, 1.82) is 0 Å². The Kier molecular flexibility index (Phi) is 56.8. The van der Waals surface area contributed by atoms with Crippen LogP contribution in [0.1, 0.15) is 296 Å². The first kappa shape index (κ1) is 74.0. The zero-order valence-corrected chi connectivity index (χ0v) is 51.1. The highest BCUT2D eigenvalue weighted by atomic mass is 16.7. The van der Waals surface area contributed by atoms with Gasteiger partial charge in [0.25, 0.3) is 6.29 Å². The number of aliphatic carboxylic acids is 1. The molecular formula is C68H124NO8+. The van der Waals surface area contributed by atoms with Gasteiger partial charge in [-0.1, -0.05) is 267 Å². The van der Waals surface area contributed by atoms with Crippen molar-refractivity contribution in [1.82, 2.24) is 0 Å². The Morgan fingerprint density at radius 2 is 0.740 bits per heavy atom. The van der Waals surface area contributed by atoms with Crippen molar-refractivity contribution >= 4 is 17.9 Å². The standard InChI is InChI=1S/C68H123NO8/c1-6-8-10-12-14-16-18-20-22-23-24-25-26-27-28-29-30-31-32-33-34-35-36-37-38-39-40-41-42-43-45-46-48-50-52-54-56-58-65(70)75-62-64(63-76-68(67(72)73)74-61-60-69(3,4)5)77-66(71)59-57-55-53-51-49-47-44-21-19-17-15-13-11-9-7-2/h9,11,15,17-18,20-21,23-24,44,64,68H,6-8,10,12-14,16,19,22,25-43,45-63H2,1-5H3/p+1/b11-9-,17-15-,20-18-,24-23-,44-21-. The summed E-state index contributed by atoms with van der Waals surface area (Å²) in [6.07, 6.45) is 73.5. The number of carboxylic acid groups (broad SMARTS) is 1. The molecule has 0 heterocycles. The molecule has 9 heteroatoms. The SMILES string of the molecule is CC/C=C\C/C=C\C/C=C\CCCCCCCC(=O)OC(COC(=O)CCCCCCCCCCCCCCCCCCCCCCCCCCC/C=C\C/C=C\CCCCCCC)COC(OCC[N+](C)(C)C)C(=O)O. The third kappa shape index (κ3) is 60.5. The van der Waals surface area contributed by atoms with Crippen LogP contribution in [-0.2, 0) is 33.3 Å². The molecule has 0 aromatic heterocycles. The fourth-order valence-electron chi connectivity index (χ4n) is 9.30. The summed E-state index contributed by atoms with van der Waals surface area (Å²) in [5.41, 5.74) is 0. The summed E-state index contributed by atoms with van der Waals surface area (Å²) in [5.74, 6) is -2.02. The van der Waals surface area contributed by atoms with Gasteiger partial charge in [0.2, 0.25) is 0 Å². The van der Waals surface area contributed by atoms with Gasteiger partial charge in [-0.05, 0) is 77.0 Å². The summed E-state index contributed by atoms with van der Waals surface area (Å²) in [7, 11) is 5.97. The smallest absolute Gasteiger partial charge is 0.361 e. The number of likely N-dealkylation sites (N-methyl/N-ethyl adjacent to an activating group) is 1. The van der Waals surface area contributed by atoms with E-state index in [1.807, 2.05) is 21.1 Å². The van der Waals surface area contributed by atoms with E-state index in [2.05, 4.69) is 74.6 Å². The Morgan fingerprint density at radius 1 is 0.403 bits per heavy atom. The number of rotatable bonds is 60. The van der Waals surface area contributed by atoms with Crippen molar-refractivity contribution in [2.75, 3.05) is 47.5 Å². The fraction of sp³-hybridized carbons (Fsp3) is 0.809. The lowest BCUT2D eigenvalue weighted by atomic mass is 10.0. The Labute approximate surface area is 475 Å². The molecule has 0 aromatic rings. The van der Waals surface area contributed by atoms with E-state index < -0.39 is 24.3 Å². The van der Waals surface area contributed by atoms with E-state index >= 15 is 0 Å². The minimum absolute atomic E-state index is 0.184. The first-order valence-electron chi connectivity index (χ1n) is 32.5. The lowest BCUT2D eigenvalue weighted by molar-refractivity contribution is -0.870. The topological polar surface area (TPSA) is 108 Å². The molecule has 448 valence electrons. The summed E-state index contributed by atoms with van der Waals surface area (Å²) < 4.78 is 22.9. The van der Waals surface area contributed by atoms with Crippen LogP contribution in [-0.4, -0.2) is 87.4 Å². The van der Waals surface area contributed by atoms with Crippen molar-refractivity contribution in [3.05, 3.63) is 60.8 Å². The van der Waals surface area contributed by atoms with Crippen LogP contribution >= 0.6 is 0 Å². The van der Waals surface area contributed by atoms with Gasteiger partial charge < -0.3 is 28.5 Å². The molecule has 0 radical (unpaired) electrons. The predicted molar refractivity (Wildman–Crippen MR) is 327 cm³/mol. The second-order valence-corrected chi connectivity index (χ2v) is 23.0. The van der Waals surface area contributed by atoms with E-state index in [0.29, 0.717) is 23.9 Å². The first-order valence-corrected chi connectivity index (χ1v) is 32.5. The predicted octanol–water partition coefficient (Wildman–Crippen LogP) is 19.6. The maximum atomic E-state index is 12.8. The normalized spacial score (nSPS) is 13.1. The number of esters is 2. The number of carbonyl (C=O) groups is 3. The molecule has 77 heavy (non-hydrogen) atoms. The summed E-state index contributed by atoms with van der Waals surface area (Å²) in [5, 5.41) is 9.70. The molecule has 0 aliphatic rings. The van der Waals surface area contributed by atoms with E-state index in [0.717, 1.165) is 77.0 Å². The van der Waals surface area contributed by atoms with Crippen molar-refractivity contribution in [3.8, 4) is 0 Å². The number of carboxylic acids is 1. The minimum Gasteiger partial charge on any atom is -0.477 e. The van der Waals surface area contributed by atoms with Gasteiger partial charge >= 0.3 is 17.9 Å². The minimum atomic E-state index is -1.52. The van der Waals surface area contributed by atoms with Crippen LogP contribution in [0.5, 0.6) is 0 Å². The zero-order valence-electron chi connectivity index (χ0n) is 51.1. The van der Waals surface area contributed by atoms with Crippen LogP contribution in [0.2, 0.25) is 0 Å². The second-order valence-electron chi connectivity index (χ2n) is 23.0. The van der Waals surface area contributed by atoms with Crippen LogP contribution in [0.25, 0.3) is 0 Å². The van der Waals surface area contributed by atoms with E-state index in [1.165, 1.54) is 186 Å². The van der Waals surface area contributed by atoms with E-state index in [1.54, 1.807) is 0 Å². The third-order valence-electron chi connectivity index (χ3n) is 14.3. The van der Waals surface area contributed by atoms with Gasteiger partial charge in [0.05, 0.1) is 34.4 Å². The van der Waals surface area contributed by atoms with Crippen LogP contribution in [0.3, 0.4) is 0 Å². The molecule has 9 nitrogen and oxygen atoms in total. The lowest BCUT2D eigenvalue weighted by Crippen LogP contribution is -2.40. The van der Waals surface area contributed by atoms with Gasteiger partial charge in [-0.3, -0.25) is 9.59 Å². The van der Waals surface area contributed by atoms with Crippen LogP contribution < -0.4 is 0 Å². The van der Waals surface area contributed by atoms with Gasteiger partial charge in [0.1, 0.15) is 13.2 Å². The molecule has 1 N–H and O–H groups in total. The number of ether oxygens (including phenoxy) is 4. The lowest BCUT2D eigenvalue weighted by Gasteiger charge is -2.25. The Hall–Kier alpha value is -3.01.